The van der Waals surface area contributed by atoms with E-state index in [1.165, 1.54) is 18.4 Å². The standard InChI is InChI=1S/C16H25N7/c1-12-13(9-18-21-12)10-23-8-4-5-14(11-23)19-15-6-7-17-16(20-15)22(2)3/h6-7,9,14H,4-5,8,10-11H2,1-3H3,(H,18,21)(H,17,19,20). The van der Waals surface area contributed by atoms with Crippen LogP contribution in [0.25, 0.3) is 0 Å². The molecule has 3 heterocycles. The molecule has 23 heavy (non-hydrogen) atoms. The van der Waals surface area contributed by atoms with Crippen LogP contribution in [0.5, 0.6) is 0 Å². The van der Waals surface area contributed by atoms with Crippen LogP contribution in [0.4, 0.5) is 11.8 Å². The van der Waals surface area contributed by atoms with Crippen molar-refractivity contribution in [2.75, 3.05) is 37.4 Å². The van der Waals surface area contributed by atoms with Gasteiger partial charge in [-0.15, -0.1) is 0 Å². The number of piperidine rings is 1. The van der Waals surface area contributed by atoms with E-state index in [0.29, 0.717) is 6.04 Å². The minimum Gasteiger partial charge on any atom is -0.366 e. The average Bonchev–Trinajstić information content (AvgIpc) is 2.93. The summed E-state index contributed by atoms with van der Waals surface area (Å²) in [6, 6.07) is 2.35. The number of hydrogen-bond donors (Lipinski definition) is 2. The van der Waals surface area contributed by atoms with Gasteiger partial charge in [0.05, 0.1) is 6.20 Å². The van der Waals surface area contributed by atoms with Crippen molar-refractivity contribution in [3.8, 4) is 0 Å². The van der Waals surface area contributed by atoms with Crippen molar-refractivity contribution in [3.63, 3.8) is 0 Å². The monoisotopic (exact) mass is 315 g/mol. The van der Waals surface area contributed by atoms with Gasteiger partial charge in [0.1, 0.15) is 5.82 Å². The van der Waals surface area contributed by atoms with Crippen molar-refractivity contribution in [1.29, 1.82) is 0 Å². The predicted molar refractivity (Wildman–Crippen MR) is 91.6 cm³/mol. The lowest BCUT2D eigenvalue weighted by atomic mass is 10.0. The highest BCUT2D eigenvalue weighted by Crippen LogP contribution is 2.18. The fraction of sp³-hybridized carbons (Fsp3) is 0.562. The van der Waals surface area contributed by atoms with Gasteiger partial charge in [-0.3, -0.25) is 10.00 Å². The zero-order valence-corrected chi connectivity index (χ0v) is 14.1. The van der Waals surface area contributed by atoms with E-state index >= 15 is 0 Å². The highest BCUT2D eigenvalue weighted by atomic mass is 15.2. The molecule has 7 nitrogen and oxygen atoms in total. The molecule has 7 heteroatoms. The molecule has 0 spiro atoms. The number of nitrogens with one attached hydrogen (secondary N) is 2. The van der Waals surface area contributed by atoms with Crippen molar-refractivity contribution in [3.05, 3.63) is 29.7 Å². The second-order valence-electron chi connectivity index (χ2n) is 6.38. The van der Waals surface area contributed by atoms with Crippen LogP contribution in [0.3, 0.4) is 0 Å². The highest BCUT2D eigenvalue weighted by molar-refractivity contribution is 5.41. The molecule has 0 aromatic carbocycles. The Labute approximate surface area is 137 Å². The maximum atomic E-state index is 4.55. The van der Waals surface area contributed by atoms with Gasteiger partial charge in [-0.05, 0) is 32.4 Å². The second-order valence-corrected chi connectivity index (χ2v) is 6.38. The van der Waals surface area contributed by atoms with E-state index in [4.69, 9.17) is 0 Å². The quantitative estimate of drug-likeness (QED) is 0.874. The molecule has 2 aromatic heterocycles. The fourth-order valence-corrected chi connectivity index (χ4v) is 2.95. The average molecular weight is 315 g/mol. The molecule has 2 N–H and O–H groups in total. The molecular formula is C16H25N7. The lowest BCUT2D eigenvalue weighted by Crippen LogP contribution is -2.41. The molecule has 0 aliphatic carbocycles. The Bertz CT molecular complexity index is 637. The van der Waals surface area contributed by atoms with Crippen LogP contribution < -0.4 is 10.2 Å². The van der Waals surface area contributed by atoms with Crippen LogP contribution >= 0.6 is 0 Å². The number of rotatable bonds is 5. The van der Waals surface area contributed by atoms with Crippen LogP contribution in [0.1, 0.15) is 24.1 Å². The Morgan fingerprint density at radius 3 is 3.04 bits per heavy atom. The van der Waals surface area contributed by atoms with Gasteiger partial charge in [-0.25, -0.2) is 4.98 Å². The van der Waals surface area contributed by atoms with Crippen molar-refractivity contribution in [2.45, 2.75) is 32.4 Å². The summed E-state index contributed by atoms with van der Waals surface area (Å²) >= 11 is 0. The minimum absolute atomic E-state index is 0.417. The molecule has 3 rings (SSSR count). The number of aryl methyl sites for hydroxylation is 1. The summed E-state index contributed by atoms with van der Waals surface area (Å²) in [7, 11) is 3.91. The van der Waals surface area contributed by atoms with E-state index < -0.39 is 0 Å². The molecule has 0 saturated carbocycles. The summed E-state index contributed by atoms with van der Waals surface area (Å²) in [6.07, 6.45) is 6.10. The van der Waals surface area contributed by atoms with Crippen molar-refractivity contribution in [2.24, 2.45) is 0 Å². The first-order valence-electron chi connectivity index (χ1n) is 8.10. The third kappa shape index (κ3) is 3.98. The molecule has 0 bridgehead atoms. The number of aromatic nitrogens is 4. The maximum absolute atomic E-state index is 4.55. The van der Waals surface area contributed by atoms with Gasteiger partial charge in [-0.2, -0.15) is 10.1 Å². The van der Waals surface area contributed by atoms with Crippen LogP contribution in [0.15, 0.2) is 18.5 Å². The first kappa shape index (κ1) is 15.7. The van der Waals surface area contributed by atoms with Gasteiger partial charge >= 0.3 is 0 Å². The summed E-state index contributed by atoms with van der Waals surface area (Å²) in [4.78, 5) is 13.2. The molecule has 0 radical (unpaired) electrons. The molecule has 2 aromatic rings. The number of aromatic amines is 1. The lowest BCUT2D eigenvalue weighted by Gasteiger charge is -2.33. The second kappa shape index (κ2) is 6.95. The van der Waals surface area contributed by atoms with Crippen LogP contribution in [-0.2, 0) is 6.54 Å². The van der Waals surface area contributed by atoms with Crippen LogP contribution in [0, 0.1) is 6.92 Å². The first-order valence-corrected chi connectivity index (χ1v) is 8.10. The largest absolute Gasteiger partial charge is 0.366 e. The molecule has 0 amide bonds. The molecule has 1 saturated heterocycles. The smallest absolute Gasteiger partial charge is 0.226 e. The van der Waals surface area contributed by atoms with E-state index in [1.54, 1.807) is 6.20 Å². The van der Waals surface area contributed by atoms with Gasteiger partial charge in [0.25, 0.3) is 0 Å². The zero-order chi connectivity index (χ0) is 16.2. The Morgan fingerprint density at radius 2 is 2.30 bits per heavy atom. The van der Waals surface area contributed by atoms with Crippen molar-refractivity contribution < 1.29 is 0 Å². The molecule has 1 fully saturated rings. The third-order valence-corrected chi connectivity index (χ3v) is 4.23. The predicted octanol–water partition coefficient (Wildman–Crippen LogP) is 1.65. The lowest BCUT2D eigenvalue weighted by molar-refractivity contribution is 0.208. The number of H-pyrrole nitrogens is 1. The van der Waals surface area contributed by atoms with Crippen LogP contribution in [0.2, 0.25) is 0 Å². The van der Waals surface area contributed by atoms with Gasteiger partial charge in [0, 0.05) is 50.7 Å². The summed E-state index contributed by atoms with van der Waals surface area (Å²) < 4.78 is 0. The molecular weight excluding hydrogens is 290 g/mol. The van der Waals surface area contributed by atoms with Gasteiger partial charge in [-0.1, -0.05) is 0 Å². The molecule has 124 valence electrons. The van der Waals surface area contributed by atoms with E-state index in [0.717, 1.165) is 37.1 Å². The summed E-state index contributed by atoms with van der Waals surface area (Å²) in [5.41, 5.74) is 2.44. The maximum Gasteiger partial charge on any atom is 0.226 e. The van der Waals surface area contributed by atoms with Crippen LogP contribution in [-0.4, -0.2) is 58.3 Å². The summed E-state index contributed by atoms with van der Waals surface area (Å²) in [5, 5.41) is 10.7. The molecule has 1 aliphatic rings. The summed E-state index contributed by atoms with van der Waals surface area (Å²) in [6.45, 7) is 5.18. The van der Waals surface area contributed by atoms with Crippen molar-refractivity contribution >= 4 is 11.8 Å². The normalized spacial score (nSPS) is 18.8. The van der Waals surface area contributed by atoms with Gasteiger partial charge < -0.3 is 10.2 Å². The van der Waals surface area contributed by atoms with Gasteiger partial charge in [0.2, 0.25) is 5.95 Å². The van der Waals surface area contributed by atoms with E-state index in [9.17, 15) is 0 Å². The van der Waals surface area contributed by atoms with E-state index in [-0.39, 0.29) is 0 Å². The number of likely N-dealkylation sites (tertiary alicyclic amines) is 1. The Kier molecular flexibility index (Phi) is 4.76. The minimum atomic E-state index is 0.417. The molecule has 1 atom stereocenters. The number of hydrogen-bond acceptors (Lipinski definition) is 6. The molecule has 1 aliphatic heterocycles. The Balaban J connectivity index is 1.60. The SMILES string of the molecule is Cc1[nH]ncc1CN1CCCC(Nc2ccnc(N(C)C)n2)C1. The van der Waals surface area contributed by atoms with Gasteiger partial charge in [0.15, 0.2) is 0 Å². The Morgan fingerprint density at radius 1 is 1.43 bits per heavy atom. The van der Waals surface area contributed by atoms with E-state index in [2.05, 4.69) is 37.3 Å². The number of nitrogens with zero attached hydrogens (tertiary/aromatic N) is 5. The zero-order valence-electron chi connectivity index (χ0n) is 14.1. The fourth-order valence-electron chi connectivity index (χ4n) is 2.95. The third-order valence-electron chi connectivity index (χ3n) is 4.23. The van der Waals surface area contributed by atoms with E-state index in [1.807, 2.05) is 31.3 Å². The Hall–Kier alpha value is -2.15. The van der Waals surface area contributed by atoms with Crippen molar-refractivity contribution in [1.82, 2.24) is 25.1 Å². The summed E-state index contributed by atoms with van der Waals surface area (Å²) in [5.74, 6) is 1.63. The number of anilines is 2. The highest BCUT2D eigenvalue weighted by Gasteiger charge is 2.21. The topological polar surface area (TPSA) is 73.0 Å². The molecule has 1 unspecified atom stereocenters. The first-order chi connectivity index (χ1) is 11.1.